The number of benzene rings is 1. The molecule has 1 N–H and O–H groups in total. The van der Waals surface area contributed by atoms with Crippen LogP contribution < -0.4 is 14.8 Å². The van der Waals surface area contributed by atoms with Crippen molar-refractivity contribution in [1.82, 2.24) is 5.32 Å². The maximum absolute atomic E-state index is 5.32. The second-order valence-electron chi connectivity index (χ2n) is 3.22. The monoisotopic (exact) mass is 273 g/mol. The number of alkyl halides is 1. The summed E-state index contributed by atoms with van der Waals surface area (Å²) in [6.45, 7) is 1.99. The Bertz CT molecular complexity index is 342. The van der Waals surface area contributed by atoms with Gasteiger partial charge in [-0.05, 0) is 31.7 Å². The molecule has 0 aliphatic heterocycles. The molecule has 1 atom stereocenters. The van der Waals surface area contributed by atoms with E-state index < -0.39 is 0 Å². The van der Waals surface area contributed by atoms with E-state index >= 15 is 0 Å². The van der Waals surface area contributed by atoms with Crippen LogP contribution in [0, 0.1) is 6.92 Å². The highest BCUT2D eigenvalue weighted by Crippen LogP contribution is 2.34. The molecule has 3 nitrogen and oxygen atoms in total. The first-order valence-electron chi connectivity index (χ1n) is 4.68. The van der Waals surface area contributed by atoms with Crippen molar-refractivity contribution in [3.8, 4) is 11.5 Å². The molecule has 1 unspecified atom stereocenters. The molecule has 0 aromatic heterocycles. The Kier molecular flexibility index (Phi) is 4.42. The maximum atomic E-state index is 5.32. The van der Waals surface area contributed by atoms with Gasteiger partial charge in [-0.25, -0.2) is 0 Å². The Morgan fingerprint density at radius 2 is 1.80 bits per heavy atom. The fraction of sp³-hybridized carbons (Fsp3) is 0.455. The van der Waals surface area contributed by atoms with Gasteiger partial charge in [0.25, 0.3) is 0 Å². The molecule has 15 heavy (non-hydrogen) atoms. The fourth-order valence-corrected chi connectivity index (χ4v) is 1.79. The lowest BCUT2D eigenvalue weighted by molar-refractivity contribution is 0.395. The van der Waals surface area contributed by atoms with Crippen LogP contribution in [0.5, 0.6) is 11.5 Å². The first-order chi connectivity index (χ1) is 7.13. The van der Waals surface area contributed by atoms with E-state index in [1.807, 2.05) is 26.1 Å². The van der Waals surface area contributed by atoms with Gasteiger partial charge in [-0.15, -0.1) is 0 Å². The maximum Gasteiger partial charge on any atom is 0.125 e. The molecular weight excluding hydrogens is 258 g/mol. The molecule has 84 valence electrons. The van der Waals surface area contributed by atoms with Crippen molar-refractivity contribution in [3.05, 3.63) is 23.3 Å². The largest absolute Gasteiger partial charge is 0.496 e. The zero-order valence-corrected chi connectivity index (χ0v) is 11.0. The van der Waals surface area contributed by atoms with Crippen molar-refractivity contribution in [2.24, 2.45) is 0 Å². The standard InChI is InChI=1S/C11H16BrNO2/c1-7-5-10(15-4)8(11(12)13-2)6-9(7)14-3/h5-6,11,13H,1-4H3. The lowest BCUT2D eigenvalue weighted by Gasteiger charge is -2.16. The summed E-state index contributed by atoms with van der Waals surface area (Å²) in [6, 6.07) is 3.95. The molecule has 1 aromatic rings. The predicted molar refractivity (Wildman–Crippen MR) is 65.0 cm³/mol. The number of rotatable bonds is 4. The smallest absolute Gasteiger partial charge is 0.125 e. The molecule has 0 amide bonds. The van der Waals surface area contributed by atoms with E-state index in [-0.39, 0.29) is 4.95 Å². The van der Waals surface area contributed by atoms with Crippen molar-refractivity contribution in [2.45, 2.75) is 11.9 Å². The third kappa shape index (κ3) is 2.63. The molecule has 0 saturated heterocycles. The molecule has 0 saturated carbocycles. The van der Waals surface area contributed by atoms with Gasteiger partial charge in [0.05, 0.1) is 19.2 Å². The Labute approximate surface area is 98.9 Å². The van der Waals surface area contributed by atoms with E-state index in [4.69, 9.17) is 9.47 Å². The number of nitrogens with one attached hydrogen (secondary N) is 1. The molecule has 0 spiro atoms. The van der Waals surface area contributed by atoms with Gasteiger partial charge in [-0.1, -0.05) is 15.9 Å². The van der Waals surface area contributed by atoms with Crippen LogP contribution >= 0.6 is 15.9 Å². The molecule has 0 bridgehead atoms. The fourth-order valence-electron chi connectivity index (χ4n) is 1.43. The minimum Gasteiger partial charge on any atom is -0.496 e. The third-order valence-electron chi connectivity index (χ3n) is 2.27. The topological polar surface area (TPSA) is 30.5 Å². The molecule has 0 radical (unpaired) electrons. The summed E-state index contributed by atoms with van der Waals surface area (Å²) in [5.41, 5.74) is 2.09. The van der Waals surface area contributed by atoms with Gasteiger partial charge in [0, 0.05) is 5.56 Å². The van der Waals surface area contributed by atoms with E-state index in [1.165, 1.54) is 0 Å². The molecular formula is C11H16BrNO2. The first-order valence-corrected chi connectivity index (χ1v) is 5.59. The molecule has 4 heteroatoms. The van der Waals surface area contributed by atoms with E-state index in [2.05, 4.69) is 21.2 Å². The van der Waals surface area contributed by atoms with Crippen LogP contribution in [0.15, 0.2) is 12.1 Å². The van der Waals surface area contributed by atoms with Crippen molar-refractivity contribution in [2.75, 3.05) is 21.3 Å². The van der Waals surface area contributed by atoms with Gasteiger partial charge in [0.15, 0.2) is 0 Å². The molecule has 1 rings (SSSR count). The Morgan fingerprint density at radius 3 is 2.27 bits per heavy atom. The molecule has 0 fully saturated rings. The van der Waals surface area contributed by atoms with E-state index in [0.717, 1.165) is 22.6 Å². The Morgan fingerprint density at radius 1 is 1.20 bits per heavy atom. The SMILES string of the molecule is CNC(Br)c1cc(OC)c(C)cc1OC. The molecule has 1 aromatic carbocycles. The summed E-state index contributed by atoms with van der Waals surface area (Å²) in [5.74, 6) is 1.72. The summed E-state index contributed by atoms with van der Waals surface area (Å²) in [7, 11) is 5.21. The highest BCUT2D eigenvalue weighted by molar-refractivity contribution is 9.09. The first kappa shape index (κ1) is 12.3. The quantitative estimate of drug-likeness (QED) is 0.676. The lowest BCUT2D eigenvalue weighted by Crippen LogP contribution is -2.11. The predicted octanol–water partition coefficient (Wildman–Crippen LogP) is 2.63. The second-order valence-corrected chi connectivity index (χ2v) is 4.13. The zero-order valence-electron chi connectivity index (χ0n) is 9.43. The number of methoxy groups -OCH3 is 2. The van der Waals surface area contributed by atoms with Crippen LogP contribution in [0.3, 0.4) is 0 Å². The van der Waals surface area contributed by atoms with Gasteiger partial charge in [0.2, 0.25) is 0 Å². The third-order valence-corrected chi connectivity index (χ3v) is 3.22. The van der Waals surface area contributed by atoms with Gasteiger partial charge < -0.3 is 14.8 Å². The van der Waals surface area contributed by atoms with Gasteiger partial charge in [-0.2, -0.15) is 0 Å². The minimum atomic E-state index is 0.0574. The van der Waals surface area contributed by atoms with Crippen LogP contribution in [0.1, 0.15) is 16.1 Å². The van der Waals surface area contributed by atoms with Crippen LogP contribution in [0.25, 0.3) is 0 Å². The highest BCUT2D eigenvalue weighted by atomic mass is 79.9. The number of hydrogen-bond donors (Lipinski definition) is 1. The molecule has 0 aliphatic carbocycles. The van der Waals surface area contributed by atoms with Crippen LogP contribution in [0.4, 0.5) is 0 Å². The highest BCUT2D eigenvalue weighted by Gasteiger charge is 2.14. The van der Waals surface area contributed by atoms with Crippen LogP contribution in [-0.4, -0.2) is 21.3 Å². The van der Waals surface area contributed by atoms with Crippen molar-refractivity contribution in [3.63, 3.8) is 0 Å². The second kappa shape index (κ2) is 5.37. The number of halogens is 1. The summed E-state index contributed by atoms with van der Waals surface area (Å²) in [6.07, 6.45) is 0. The Hall–Kier alpha value is -0.740. The number of hydrogen-bond acceptors (Lipinski definition) is 3. The summed E-state index contributed by atoms with van der Waals surface area (Å²) < 4.78 is 10.6. The average Bonchev–Trinajstić information content (AvgIpc) is 2.27. The summed E-state index contributed by atoms with van der Waals surface area (Å²) in [4.78, 5) is 0.0574. The van der Waals surface area contributed by atoms with Crippen molar-refractivity contribution < 1.29 is 9.47 Å². The van der Waals surface area contributed by atoms with E-state index in [9.17, 15) is 0 Å². The number of aryl methyl sites for hydroxylation is 1. The minimum absolute atomic E-state index is 0.0574. The zero-order chi connectivity index (χ0) is 11.4. The lowest BCUT2D eigenvalue weighted by atomic mass is 10.1. The van der Waals surface area contributed by atoms with Gasteiger partial charge in [-0.3, -0.25) is 0 Å². The summed E-state index contributed by atoms with van der Waals surface area (Å²) in [5, 5.41) is 3.11. The average molecular weight is 274 g/mol. The molecule has 0 aliphatic rings. The van der Waals surface area contributed by atoms with E-state index in [0.29, 0.717) is 0 Å². The van der Waals surface area contributed by atoms with Crippen molar-refractivity contribution in [1.29, 1.82) is 0 Å². The van der Waals surface area contributed by atoms with Gasteiger partial charge >= 0.3 is 0 Å². The van der Waals surface area contributed by atoms with Crippen LogP contribution in [0.2, 0.25) is 0 Å². The van der Waals surface area contributed by atoms with Crippen molar-refractivity contribution >= 4 is 15.9 Å². The Balaban J connectivity index is 3.22. The van der Waals surface area contributed by atoms with E-state index in [1.54, 1.807) is 14.2 Å². The molecule has 0 heterocycles. The summed E-state index contributed by atoms with van der Waals surface area (Å²) >= 11 is 3.52. The number of ether oxygens (including phenoxy) is 2. The normalized spacial score (nSPS) is 12.3. The van der Waals surface area contributed by atoms with Gasteiger partial charge in [0.1, 0.15) is 11.5 Å². The van der Waals surface area contributed by atoms with Crippen LogP contribution in [-0.2, 0) is 0 Å².